The minimum Gasteiger partial charge on any atom is -0.387 e. The van der Waals surface area contributed by atoms with E-state index in [1.165, 1.54) is 10.9 Å². The van der Waals surface area contributed by atoms with Crippen molar-refractivity contribution in [3.05, 3.63) is 83.9 Å². The normalized spacial score (nSPS) is 17.6. The monoisotopic (exact) mass is 274 g/mol. The Kier molecular flexibility index (Phi) is 2.83. The first-order valence-electron chi connectivity index (χ1n) is 7.52. The van der Waals surface area contributed by atoms with Crippen molar-refractivity contribution in [2.24, 2.45) is 0 Å². The maximum Gasteiger partial charge on any atom is 0.0892 e. The van der Waals surface area contributed by atoms with Gasteiger partial charge in [0.05, 0.1) is 6.10 Å². The molecular formula is C20H18O. The number of hydrogen-bond acceptors (Lipinski definition) is 1. The third-order valence-corrected chi connectivity index (χ3v) is 4.78. The third-order valence-electron chi connectivity index (χ3n) is 4.78. The van der Waals surface area contributed by atoms with Crippen LogP contribution in [0.4, 0.5) is 0 Å². The van der Waals surface area contributed by atoms with Gasteiger partial charge in [-0.1, -0.05) is 72.8 Å². The van der Waals surface area contributed by atoms with E-state index in [1.54, 1.807) is 0 Å². The first-order chi connectivity index (χ1) is 10.3. The van der Waals surface area contributed by atoms with E-state index < -0.39 is 6.10 Å². The standard InChI is InChI=1S/C20H18O/c21-19(20(13-14-20)16-9-2-1-3-10-16)18-12-6-8-15-7-4-5-11-17(15)18/h1-12,19,21H,13-14H2. The Morgan fingerprint density at radius 2 is 1.43 bits per heavy atom. The Morgan fingerprint density at radius 1 is 0.762 bits per heavy atom. The van der Waals surface area contributed by atoms with Crippen LogP contribution in [0.2, 0.25) is 0 Å². The van der Waals surface area contributed by atoms with Gasteiger partial charge in [-0.15, -0.1) is 0 Å². The van der Waals surface area contributed by atoms with Crippen molar-refractivity contribution in [1.82, 2.24) is 0 Å². The van der Waals surface area contributed by atoms with Crippen molar-refractivity contribution in [2.45, 2.75) is 24.4 Å². The molecule has 104 valence electrons. The lowest BCUT2D eigenvalue weighted by Gasteiger charge is -2.24. The molecule has 1 aliphatic carbocycles. The Hall–Kier alpha value is -2.12. The second kappa shape index (κ2) is 4.71. The van der Waals surface area contributed by atoms with E-state index in [0.717, 1.165) is 23.8 Å². The zero-order valence-electron chi connectivity index (χ0n) is 11.9. The molecule has 0 aromatic heterocycles. The van der Waals surface area contributed by atoms with Crippen molar-refractivity contribution in [1.29, 1.82) is 0 Å². The van der Waals surface area contributed by atoms with Gasteiger partial charge in [-0.3, -0.25) is 0 Å². The molecule has 0 spiro atoms. The number of fused-ring (bicyclic) bond motifs is 1. The van der Waals surface area contributed by atoms with Crippen LogP contribution in [-0.4, -0.2) is 5.11 Å². The van der Waals surface area contributed by atoms with Crippen LogP contribution in [0, 0.1) is 0 Å². The highest BCUT2D eigenvalue weighted by Gasteiger charge is 2.50. The zero-order chi connectivity index (χ0) is 14.3. The van der Waals surface area contributed by atoms with E-state index in [1.807, 2.05) is 24.3 Å². The Bertz CT molecular complexity index is 767. The smallest absolute Gasteiger partial charge is 0.0892 e. The molecule has 0 amide bonds. The lowest BCUT2D eigenvalue weighted by molar-refractivity contribution is 0.134. The maximum absolute atomic E-state index is 11.1. The Labute approximate surface area is 124 Å². The molecular weight excluding hydrogens is 256 g/mol. The Balaban J connectivity index is 1.83. The molecule has 1 atom stereocenters. The summed E-state index contributed by atoms with van der Waals surface area (Å²) >= 11 is 0. The van der Waals surface area contributed by atoms with Crippen molar-refractivity contribution >= 4 is 10.8 Å². The third kappa shape index (κ3) is 1.97. The molecule has 1 saturated carbocycles. The number of hydrogen-bond donors (Lipinski definition) is 1. The van der Waals surface area contributed by atoms with Crippen LogP contribution >= 0.6 is 0 Å². The van der Waals surface area contributed by atoms with Gasteiger partial charge in [0, 0.05) is 5.41 Å². The number of benzene rings is 3. The molecule has 1 nitrogen and oxygen atoms in total. The van der Waals surface area contributed by atoms with Crippen molar-refractivity contribution < 1.29 is 5.11 Å². The molecule has 0 saturated heterocycles. The quantitative estimate of drug-likeness (QED) is 0.739. The molecule has 1 aliphatic rings. The fourth-order valence-corrected chi connectivity index (χ4v) is 3.41. The van der Waals surface area contributed by atoms with Gasteiger partial charge in [0.25, 0.3) is 0 Å². The van der Waals surface area contributed by atoms with Crippen molar-refractivity contribution in [3.63, 3.8) is 0 Å². The van der Waals surface area contributed by atoms with E-state index in [2.05, 4.69) is 48.5 Å². The topological polar surface area (TPSA) is 20.2 Å². The summed E-state index contributed by atoms with van der Waals surface area (Å²) in [6, 6.07) is 24.9. The summed E-state index contributed by atoms with van der Waals surface area (Å²) in [4.78, 5) is 0. The van der Waals surface area contributed by atoms with E-state index in [-0.39, 0.29) is 5.41 Å². The van der Waals surface area contributed by atoms with Crippen LogP contribution < -0.4 is 0 Å². The van der Waals surface area contributed by atoms with E-state index >= 15 is 0 Å². The summed E-state index contributed by atoms with van der Waals surface area (Å²) in [6.45, 7) is 0. The highest BCUT2D eigenvalue weighted by atomic mass is 16.3. The molecule has 1 heteroatoms. The van der Waals surface area contributed by atoms with Gasteiger partial charge in [-0.2, -0.15) is 0 Å². The molecule has 1 fully saturated rings. The average Bonchev–Trinajstić information content (AvgIpc) is 3.36. The van der Waals surface area contributed by atoms with Crippen molar-refractivity contribution in [2.75, 3.05) is 0 Å². The highest BCUT2D eigenvalue weighted by Crippen LogP contribution is 2.57. The fourth-order valence-electron chi connectivity index (χ4n) is 3.41. The molecule has 0 bridgehead atoms. The molecule has 3 aromatic carbocycles. The summed E-state index contributed by atoms with van der Waals surface area (Å²) in [5.41, 5.74) is 2.21. The van der Waals surface area contributed by atoms with Gasteiger partial charge in [0.2, 0.25) is 0 Å². The van der Waals surface area contributed by atoms with Gasteiger partial charge in [0.15, 0.2) is 0 Å². The van der Waals surface area contributed by atoms with Gasteiger partial charge >= 0.3 is 0 Å². The predicted molar refractivity (Wildman–Crippen MR) is 86.3 cm³/mol. The van der Waals surface area contributed by atoms with Crippen LogP contribution in [0.25, 0.3) is 10.8 Å². The average molecular weight is 274 g/mol. The minimum atomic E-state index is -0.439. The summed E-state index contributed by atoms with van der Waals surface area (Å²) in [7, 11) is 0. The van der Waals surface area contributed by atoms with Gasteiger partial charge in [-0.05, 0) is 34.7 Å². The van der Waals surface area contributed by atoms with Crippen LogP contribution in [-0.2, 0) is 5.41 Å². The molecule has 21 heavy (non-hydrogen) atoms. The zero-order valence-corrected chi connectivity index (χ0v) is 11.9. The highest BCUT2D eigenvalue weighted by molar-refractivity contribution is 5.86. The molecule has 1 N–H and O–H groups in total. The first kappa shape index (κ1) is 12.6. The number of rotatable bonds is 3. The minimum absolute atomic E-state index is 0.0919. The molecule has 1 unspecified atom stereocenters. The summed E-state index contributed by atoms with van der Waals surface area (Å²) in [5, 5.41) is 13.4. The predicted octanol–water partition coefficient (Wildman–Crippen LogP) is 4.61. The lowest BCUT2D eigenvalue weighted by Crippen LogP contribution is -2.18. The fraction of sp³-hybridized carbons (Fsp3) is 0.200. The van der Waals surface area contributed by atoms with Crippen LogP contribution in [0.15, 0.2) is 72.8 Å². The lowest BCUT2D eigenvalue weighted by atomic mass is 9.84. The van der Waals surface area contributed by atoms with Crippen molar-refractivity contribution in [3.8, 4) is 0 Å². The summed E-state index contributed by atoms with van der Waals surface area (Å²) < 4.78 is 0. The first-order valence-corrected chi connectivity index (χ1v) is 7.52. The molecule has 0 radical (unpaired) electrons. The van der Waals surface area contributed by atoms with E-state index in [9.17, 15) is 5.11 Å². The summed E-state index contributed by atoms with van der Waals surface area (Å²) in [6.07, 6.45) is 1.68. The van der Waals surface area contributed by atoms with Crippen LogP contribution in [0.3, 0.4) is 0 Å². The second-order valence-electron chi connectivity index (χ2n) is 5.99. The number of aliphatic hydroxyl groups is 1. The van der Waals surface area contributed by atoms with E-state index in [4.69, 9.17) is 0 Å². The maximum atomic E-state index is 11.1. The van der Waals surface area contributed by atoms with Gasteiger partial charge in [-0.25, -0.2) is 0 Å². The number of aliphatic hydroxyl groups excluding tert-OH is 1. The molecule has 0 aliphatic heterocycles. The van der Waals surface area contributed by atoms with Crippen LogP contribution in [0.1, 0.15) is 30.1 Å². The SMILES string of the molecule is OC(c1cccc2ccccc12)C1(c2ccccc2)CC1. The van der Waals surface area contributed by atoms with Gasteiger partial charge < -0.3 is 5.11 Å². The van der Waals surface area contributed by atoms with E-state index in [0.29, 0.717) is 0 Å². The molecule has 0 heterocycles. The molecule has 4 rings (SSSR count). The Morgan fingerprint density at radius 3 is 2.19 bits per heavy atom. The largest absolute Gasteiger partial charge is 0.387 e. The molecule has 3 aromatic rings. The van der Waals surface area contributed by atoms with Gasteiger partial charge in [0.1, 0.15) is 0 Å². The summed E-state index contributed by atoms with van der Waals surface area (Å²) in [5.74, 6) is 0. The van der Waals surface area contributed by atoms with Crippen LogP contribution in [0.5, 0.6) is 0 Å². The second-order valence-corrected chi connectivity index (χ2v) is 5.99.